The lowest BCUT2D eigenvalue weighted by atomic mass is 9.84. The minimum absolute atomic E-state index is 0.0469. The van der Waals surface area contributed by atoms with Gasteiger partial charge < -0.3 is 5.32 Å². The molecule has 0 saturated heterocycles. The Morgan fingerprint density at radius 1 is 1.35 bits per heavy atom. The molecule has 1 amide bonds. The van der Waals surface area contributed by atoms with Gasteiger partial charge in [0.25, 0.3) is 5.91 Å². The largest absolute Gasteiger partial charge is 0.347 e. The van der Waals surface area contributed by atoms with E-state index in [-0.39, 0.29) is 18.4 Å². The van der Waals surface area contributed by atoms with Crippen LogP contribution in [0.25, 0.3) is 0 Å². The van der Waals surface area contributed by atoms with Crippen molar-refractivity contribution >= 4 is 11.7 Å². The number of ketones is 1. The Hall–Kier alpha value is -0.930. The zero-order valence-electron chi connectivity index (χ0n) is 10.8. The molecule has 17 heavy (non-hydrogen) atoms. The molecule has 3 atom stereocenters. The first kappa shape index (κ1) is 14.1. The summed E-state index contributed by atoms with van der Waals surface area (Å²) in [5.74, 6) is -1.42. The van der Waals surface area contributed by atoms with Crippen LogP contribution in [0.1, 0.15) is 46.5 Å². The molecule has 1 N–H and O–H groups in total. The number of hydrogen-bond acceptors (Lipinski definition) is 2. The van der Waals surface area contributed by atoms with E-state index in [1.165, 1.54) is 6.92 Å². The summed E-state index contributed by atoms with van der Waals surface area (Å²) in [5, 5.41) is 2.68. The van der Waals surface area contributed by atoms with Gasteiger partial charge in [-0.3, -0.25) is 9.59 Å². The summed E-state index contributed by atoms with van der Waals surface area (Å²) in [4.78, 5) is 23.6. The highest BCUT2D eigenvalue weighted by atomic mass is 19.1. The molecule has 0 radical (unpaired) electrons. The normalized spacial score (nSPS) is 20.5. The maximum Gasteiger partial charge on any atom is 0.287 e. The van der Waals surface area contributed by atoms with E-state index in [2.05, 4.69) is 5.32 Å². The van der Waals surface area contributed by atoms with Crippen molar-refractivity contribution in [3.05, 3.63) is 0 Å². The van der Waals surface area contributed by atoms with E-state index in [1.54, 1.807) is 0 Å². The third kappa shape index (κ3) is 4.44. The zero-order valence-corrected chi connectivity index (χ0v) is 10.8. The quantitative estimate of drug-likeness (QED) is 0.697. The first-order valence-corrected chi connectivity index (χ1v) is 6.44. The van der Waals surface area contributed by atoms with E-state index in [4.69, 9.17) is 0 Å². The molecule has 0 aromatic carbocycles. The molecule has 0 bridgehead atoms. The summed E-state index contributed by atoms with van der Waals surface area (Å²) in [5.41, 5.74) is 0. The van der Waals surface area contributed by atoms with Crippen LogP contribution in [0.3, 0.4) is 0 Å². The van der Waals surface area contributed by atoms with Gasteiger partial charge in [-0.15, -0.1) is 0 Å². The van der Waals surface area contributed by atoms with Gasteiger partial charge in [-0.2, -0.15) is 0 Å². The Morgan fingerprint density at radius 2 is 1.94 bits per heavy atom. The Bertz CT molecular complexity index is 287. The Kier molecular flexibility index (Phi) is 5.09. The van der Waals surface area contributed by atoms with E-state index in [1.807, 2.05) is 13.8 Å². The van der Waals surface area contributed by atoms with Gasteiger partial charge in [0.1, 0.15) is 0 Å². The van der Waals surface area contributed by atoms with Gasteiger partial charge in [0.2, 0.25) is 5.78 Å². The number of alkyl halides is 1. The van der Waals surface area contributed by atoms with Crippen molar-refractivity contribution in [1.82, 2.24) is 5.32 Å². The fraction of sp³-hybridized carbons (Fsp3) is 0.846. The van der Waals surface area contributed by atoms with Gasteiger partial charge in [0.05, 0.1) is 6.17 Å². The van der Waals surface area contributed by atoms with E-state index in [0.717, 1.165) is 19.3 Å². The zero-order chi connectivity index (χ0) is 13.0. The molecule has 0 aromatic rings. The van der Waals surface area contributed by atoms with Gasteiger partial charge in [-0.25, -0.2) is 4.39 Å². The van der Waals surface area contributed by atoms with E-state index in [9.17, 15) is 14.0 Å². The van der Waals surface area contributed by atoms with Crippen molar-refractivity contribution in [2.45, 2.75) is 58.7 Å². The van der Waals surface area contributed by atoms with Gasteiger partial charge in [0.15, 0.2) is 0 Å². The molecule has 0 aliphatic heterocycles. The summed E-state index contributed by atoms with van der Waals surface area (Å²) >= 11 is 0. The molecule has 0 aromatic heterocycles. The number of hydrogen-bond donors (Lipinski definition) is 1. The molecule has 98 valence electrons. The molecular weight excluding hydrogens is 221 g/mol. The molecule has 4 heteroatoms. The van der Waals surface area contributed by atoms with Crippen LogP contribution in [-0.2, 0) is 9.59 Å². The first-order chi connectivity index (χ1) is 7.95. The Morgan fingerprint density at radius 3 is 2.35 bits per heavy atom. The summed E-state index contributed by atoms with van der Waals surface area (Å²) < 4.78 is 13.1. The molecule has 1 aliphatic rings. The van der Waals surface area contributed by atoms with Crippen LogP contribution in [0.2, 0.25) is 0 Å². The Labute approximate surface area is 102 Å². The molecule has 1 fully saturated rings. The van der Waals surface area contributed by atoms with Crippen LogP contribution in [0, 0.1) is 11.8 Å². The highest BCUT2D eigenvalue weighted by Gasteiger charge is 2.33. The summed E-state index contributed by atoms with van der Waals surface area (Å²) in [6.07, 6.45) is 1.77. The van der Waals surface area contributed by atoms with Crippen LogP contribution in [0.15, 0.2) is 0 Å². The number of Topliss-reactive ketones (excluding diaryl/α,β-unsaturated/α-hetero) is 1. The second kappa shape index (κ2) is 6.12. The number of amides is 1. The third-order valence-electron chi connectivity index (χ3n) is 3.38. The number of nitrogens with one attached hydrogen (secondary N) is 1. The van der Waals surface area contributed by atoms with Gasteiger partial charge in [0, 0.05) is 12.0 Å². The van der Waals surface area contributed by atoms with Gasteiger partial charge in [-0.1, -0.05) is 20.3 Å². The molecule has 3 unspecified atom stereocenters. The van der Waals surface area contributed by atoms with Crippen LogP contribution in [-0.4, -0.2) is 23.9 Å². The molecule has 0 heterocycles. The summed E-state index contributed by atoms with van der Waals surface area (Å²) in [6, 6.07) is 0.173. The smallest absolute Gasteiger partial charge is 0.287 e. The van der Waals surface area contributed by atoms with Crippen LogP contribution >= 0.6 is 0 Å². The second-order valence-electron chi connectivity index (χ2n) is 5.12. The van der Waals surface area contributed by atoms with Crippen molar-refractivity contribution in [2.75, 3.05) is 0 Å². The molecule has 0 spiro atoms. The number of carbonyl (C=O) groups excluding carboxylic acids is 2. The lowest BCUT2D eigenvalue weighted by molar-refractivity contribution is -0.141. The molecule has 1 saturated carbocycles. The lowest BCUT2D eigenvalue weighted by Gasteiger charge is -2.21. The first-order valence-electron chi connectivity index (χ1n) is 6.44. The third-order valence-corrected chi connectivity index (χ3v) is 3.38. The monoisotopic (exact) mass is 243 g/mol. The topological polar surface area (TPSA) is 46.2 Å². The second-order valence-corrected chi connectivity index (χ2v) is 5.12. The summed E-state index contributed by atoms with van der Waals surface area (Å²) in [7, 11) is 0. The maximum absolute atomic E-state index is 13.1. The van der Waals surface area contributed by atoms with Crippen molar-refractivity contribution in [3.8, 4) is 0 Å². The lowest BCUT2D eigenvalue weighted by Crippen LogP contribution is -2.39. The van der Waals surface area contributed by atoms with Crippen molar-refractivity contribution < 1.29 is 14.0 Å². The average Bonchev–Trinajstić information content (AvgIpc) is 3.07. The van der Waals surface area contributed by atoms with Crippen LogP contribution < -0.4 is 5.32 Å². The molecule has 1 rings (SSSR count). The maximum atomic E-state index is 13.1. The molecular formula is C13H22FNO2. The standard InChI is InChI=1S/C13H22FNO2/c1-4-8(2)11(7-9(3)14)12(16)13(17)15-10-5-6-10/h8-11H,4-7H2,1-3H3,(H,15,17). The van der Waals surface area contributed by atoms with Crippen molar-refractivity contribution in [3.63, 3.8) is 0 Å². The Balaban J connectivity index is 2.59. The molecule has 3 nitrogen and oxygen atoms in total. The minimum Gasteiger partial charge on any atom is -0.347 e. The predicted molar refractivity (Wildman–Crippen MR) is 64.3 cm³/mol. The van der Waals surface area contributed by atoms with E-state index >= 15 is 0 Å². The van der Waals surface area contributed by atoms with Crippen molar-refractivity contribution in [2.24, 2.45) is 11.8 Å². The number of carbonyl (C=O) groups is 2. The van der Waals surface area contributed by atoms with Gasteiger partial charge in [-0.05, 0) is 32.1 Å². The fourth-order valence-electron chi connectivity index (χ4n) is 1.88. The van der Waals surface area contributed by atoms with E-state index < -0.39 is 23.8 Å². The predicted octanol–water partition coefficient (Wildman–Crippen LogP) is 2.24. The number of halogens is 1. The molecule has 1 aliphatic carbocycles. The van der Waals surface area contributed by atoms with Crippen LogP contribution in [0.4, 0.5) is 4.39 Å². The van der Waals surface area contributed by atoms with Crippen LogP contribution in [0.5, 0.6) is 0 Å². The van der Waals surface area contributed by atoms with Gasteiger partial charge >= 0.3 is 0 Å². The highest BCUT2D eigenvalue weighted by Crippen LogP contribution is 2.24. The SMILES string of the molecule is CCC(C)C(CC(C)F)C(=O)C(=O)NC1CC1. The summed E-state index contributed by atoms with van der Waals surface area (Å²) in [6.45, 7) is 5.28. The van der Waals surface area contributed by atoms with E-state index in [0.29, 0.717) is 0 Å². The number of rotatable bonds is 7. The highest BCUT2D eigenvalue weighted by molar-refractivity contribution is 6.37. The average molecular weight is 243 g/mol. The fourth-order valence-corrected chi connectivity index (χ4v) is 1.88. The van der Waals surface area contributed by atoms with Crippen molar-refractivity contribution in [1.29, 1.82) is 0 Å². The minimum atomic E-state index is -1.05.